The summed E-state index contributed by atoms with van der Waals surface area (Å²) in [6.07, 6.45) is 3.77. The van der Waals surface area contributed by atoms with Gasteiger partial charge in [-0.3, -0.25) is 0 Å². The average Bonchev–Trinajstić information content (AvgIpc) is 2.21. The summed E-state index contributed by atoms with van der Waals surface area (Å²) < 4.78 is 5.06. The molecule has 78 valence electrons. The van der Waals surface area contributed by atoms with Crippen molar-refractivity contribution in [2.75, 3.05) is 25.2 Å². The molecule has 1 N–H and O–H groups in total. The van der Waals surface area contributed by atoms with Crippen molar-refractivity contribution >= 4 is 17.6 Å². The molecular formula is C9H15N3OS. The van der Waals surface area contributed by atoms with E-state index >= 15 is 0 Å². The fraction of sp³-hybridized carbons (Fsp3) is 0.556. The lowest BCUT2D eigenvalue weighted by Crippen LogP contribution is -2.06. The maximum Gasteiger partial charge on any atom is 0.189 e. The second kappa shape index (κ2) is 5.82. The summed E-state index contributed by atoms with van der Waals surface area (Å²) in [7, 11) is 1.66. The first-order valence-electron chi connectivity index (χ1n) is 4.44. The van der Waals surface area contributed by atoms with Gasteiger partial charge >= 0.3 is 0 Å². The second-order valence-corrected chi connectivity index (χ2v) is 3.47. The van der Waals surface area contributed by atoms with Crippen molar-refractivity contribution in [1.29, 1.82) is 0 Å². The molecule has 0 aliphatic carbocycles. The van der Waals surface area contributed by atoms with Crippen LogP contribution in [-0.4, -0.2) is 29.9 Å². The van der Waals surface area contributed by atoms with Crippen molar-refractivity contribution in [3.05, 3.63) is 11.8 Å². The first kappa shape index (κ1) is 11.3. The smallest absolute Gasteiger partial charge is 0.189 e. The molecule has 0 bridgehead atoms. The first-order valence-corrected chi connectivity index (χ1v) is 5.67. The fourth-order valence-electron chi connectivity index (χ4n) is 1.07. The summed E-state index contributed by atoms with van der Waals surface area (Å²) in [4.78, 5) is 8.55. The Morgan fingerprint density at radius 1 is 1.57 bits per heavy atom. The van der Waals surface area contributed by atoms with Crippen LogP contribution in [0.2, 0.25) is 0 Å². The molecule has 1 heterocycles. The highest BCUT2D eigenvalue weighted by Gasteiger charge is 2.05. The predicted octanol–water partition coefficient (Wildman–Crippen LogP) is 1.78. The highest BCUT2D eigenvalue weighted by molar-refractivity contribution is 7.98. The van der Waals surface area contributed by atoms with Gasteiger partial charge in [0.15, 0.2) is 5.16 Å². The molecule has 1 aromatic heterocycles. The minimum atomic E-state index is 0.539. The first-order chi connectivity index (χ1) is 6.81. The zero-order chi connectivity index (χ0) is 10.4. The van der Waals surface area contributed by atoms with Crippen LogP contribution in [0.4, 0.5) is 5.82 Å². The number of hydrogen-bond acceptors (Lipinski definition) is 5. The van der Waals surface area contributed by atoms with Gasteiger partial charge in [-0.1, -0.05) is 11.8 Å². The fourth-order valence-corrected chi connectivity index (χ4v) is 1.41. The molecular weight excluding hydrogens is 198 g/mol. The number of ether oxygens (including phenoxy) is 1. The molecule has 0 atom stereocenters. The second-order valence-electron chi connectivity index (χ2n) is 2.69. The lowest BCUT2D eigenvalue weighted by Gasteiger charge is -2.09. The Hall–Kier alpha value is -0.810. The molecule has 0 amide bonds. The molecule has 5 heteroatoms. The van der Waals surface area contributed by atoms with Crippen molar-refractivity contribution in [2.24, 2.45) is 0 Å². The van der Waals surface area contributed by atoms with Gasteiger partial charge in [0.1, 0.15) is 5.82 Å². The van der Waals surface area contributed by atoms with Crippen LogP contribution in [0.5, 0.6) is 0 Å². The van der Waals surface area contributed by atoms with Crippen LogP contribution < -0.4 is 5.32 Å². The van der Waals surface area contributed by atoms with Gasteiger partial charge < -0.3 is 10.1 Å². The van der Waals surface area contributed by atoms with Crippen molar-refractivity contribution in [3.8, 4) is 0 Å². The number of thioether (sulfide) groups is 1. The van der Waals surface area contributed by atoms with Gasteiger partial charge in [0.05, 0.1) is 6.61 Å². The van der Waals surface area contributed by atoms with Gasteiger partial charge in [-0.15, -0.1) is 0 Å². The monoisotopic (exact) mass is 213 g/mol. The van der Waals surface area contributed by atoms with Crippen LogP contribution >= 0.6 is 11.8 Å². The minimum Gasteiger partial charge on any atom is -0.380 e. The minimum absolute atomic E-state index is 0.539. The van der Waals surface area contributed by atoms with E-state index in [-0.39, 0.29) is 0 Å². The van der Waals surface area contributed by atoms with E-state index in [0.717, 1.165) is 23.1 Å². The number of hydrogen-bond donors (Lipinski definition) is 1. The Morgan fingerprint density at radius 3 is 2.93 bits per heavy atom. The molecule has 14 heavy (non-hydrogen) atoms. The predicted molar refractivity (Wildman–Crippen MR) is 58.7 cm³/mol. The van der Waals surface area contributed by atoms with E-state index in [1.807, 2.05) is 13.2 Å². The highest BCUT2D eigenvalue weighted by Crippen LogP contribution is 2.16. The third kappa shape index (κ3) is 2.85. The molecule has 1 aromatic rings. The van der Waals surface area contributed by atoms with Crippen molar-refractivity contribution in [1.82, 2.24) is 9.97 Å². The summed E-state index contributed by atoms with van der Waals surface area (Å²) >= 11 is 1.53. The van der Waals surface area contributed by atoms with Crippen molar-refractivity contribution in [2.45, 2.75) is 18.7 Å². The molecule has 0 aliphatic rings. The molecule has 0 fully saturated rings. The van der Waals surface area contributed by atoms with E-state index in [4.69, 9.17) is 4.74 Å². The summed E-state index contributed by atoms with van der Waals surface area (Å²) in [5.74, 6) is 0.869. The molecule has 0 saturated carbocycles. The molecule has 1 rings (SSSR count). The number of nitrogens with zero attached hydrogens (tertiary/aromatic N) is 2. The quantitative estimate of drug-likeness (QED) is 0.596. The summed E-state index contributed by atoms with van der Waals surface area (Å²) in [6, 6.07) is 0. The van der Waals surface area contributed by atoms with Gasteiger partial charge in [0.25, 0.3) is 0 Å². The van der Waals surface area contributed by atoms with Crippen LogP contribution in [0.25, 0.3) is 0 Å². The number of anilines is 1. The maximum absolute atomic E-state index is 5.06. The SMILES string of the molecule is CCNc1nc(SC)ncc1COC. The molecule has 0 unspecified atom stereocenters. The number of aromatic nitrogens is 2. The topological polar surface area (TPSA) is 47.0 Å². The number of methoxy groups -OCH3 is 1. The van der Waals surface area contributed by atoms with Crippen LogP contribution in [0.3, 0.4) is 0 Å². The van der Waals surface area contributed by atoms with Crippen LogP contribution in [0, 0.1) is 0 Å². The Balaban J connectivity index is 2.91. The Bertz CT molecular complexity index is 293. The third-order valence-corrected chi connectivity index (χ3v) is 2.23. The van der Waals surface area contributed by atoms with E-state index < -0.39 is 0 Å². The largest absolute Gasteiger partial charge is 0.380 e. The molecule has 0 spiro atoms. The summed E-state index contributed by atoms with van der Waals surface area (Å²) in [5, 5.41) is 3.97. The lowest BCUT2D eigenvalue weighted by molar-refractivity contribution is 0.184. The van der Waals surface area contributed by atoms with E-state index in [0.29, 0.717) is 6.61 Å². The zero-order valence-corrected chi connectivity index (χ0v) is 9.52. The van der Waals surface area contributed by atoms with E-state index in [1.54, 1.807) is 13.3 Å². The van der Waals surface area contributed by atoms with Gasteiger partial charge in [-0.05, 0) is 13.2 Å². The van der Waals surface area contributed by atoms with E-state index in [9.17, 15) is 0 Å². The van der Waals surface area contributed by atoms with Crippen LogP contribution in [-0.2, 0) is 11.3 Å². The Morgan fingerprint density at radius 2 is 2.36 bits per heavy atom. The molecule has 0 radical (unpaired) electrons. The molecule has 0 aromatic carbocycles. The van der Waals surface area contributed by atoms with Gasteiger partial charge in [-0.2, -0.15) is 0 Å². The summed E-state index contributed by atoms with van der Waals surface area (Å²) in [6.45, 7) is 3.43. The highest BCUT2D eigenvalue weighted by atomic mass is 32.2. The van der Waals surface area contributed by atoms with Gasteiger partial charge in [-0.25, -0.2) is 9.97 Å². The van der Waals surface area contributed by atoms with Crippen molar-refractivity contribution in [3.63, 3.8) is 0 Å². The van der Waals surface area contributed by atoms with Crippen LogP contribution in [0.1, 0.15) is 12.5 Å². The van der Waals surface area contributed by atoms with Gasteiger partial charge in [0.2, 0.25) is 0 Å². The summed E-state index contributed by atoms with van der Waals surface area (Å²) in [5.41, 5.74) is 0.993. The average molecular weight is 213 g/mol. The normalized spacial score (nSPS) is 10.2. The number of nitrogens with one attached hydrogen (secondary N) is 1. The van der Waals surface area contributed by atoms with Gasteiger partial charge in [0, 0.05) is 25.4 Å². The standard InChI is InChI=1S/C9H15N3OS/c1-4-10-8-7(6-13-2)5-11-9(12-8)14-3/h5H,4,6H2,1-3H3,(H,10,11,12). The Kier molecular flexibility index (Phi) is 4.69. The Labute approximate surface area is 88.5 Å². The molecule has 4 nitrogen and oxygen atoms in total. The van der Waals surface area contributed by atoms with E-state index in [1.165, 1.54) is 11.8 Å². The maximum atomic E-state index is 5.06. The van der Waals surface area contributed by atoms with E-state index in [2.05, 4.69) is 15.3 Å². The van der Waals surface area contributed by atoms with Crippen LogP contribution in [0.15, 0.2) is 11.4 Å². The molecule has 0 saturated heterocycles. The zero-order valence-electron chi connectivity index (χ0n) is 8.70. The third-order valence-electron chi connectivity index (χ3n) is 1.67. The molecule has 0 aliphatic heterocycles. The number of rotatable bonds is 5. The lowest BCUT2D eigenvalue weighted by atomic mass is 10.3. The van der Waals surface area contributed by atoms with Crippen molar-refractivity contribution < 1.29 is 4.74 Å².